The molecule has 7 nitrogen and oxygen atoms in total. The van der Waals surface area contributed by atoms with E-state index in [1.165, 1.54) is 4.70 Å². The molecule has 193 valence electrons. The Morgan fingerprint density at radius 2 is 1.27 bits per heavy atom. The molecule has 0 aliphatic heterocycles. The van der Waals surface area contributed by atoms with E-state index in [0.29, 0.717) is 36.7 Å². The molecule has 8 rings (SSSR count). The summed E-state index contributed by atoms with van der Waals surface area (Å²) in [6.45, 7) is 0. The molecule has 1 radical (unpaired) electrons. The summed E-state index contributed by atoms with van der Waals surface area (Å²) >= 11 is 3.41. The zero-order valence-corrected chi connectivity index (χ0v) is 22.9. The average molecular weight is 566 g/mol. The zero-order valence-electron chi connectivity index (χ0n) is 21.2. The van der Waals surface area contributed by atoms with Crippen molar-refractivity contribution in [3.05, 3.63) is 97.2 Å². The van der Waals surface area contributed by atoms with Gasteiger partial charge in [-0.2, -0.15) is 0 Å². The second-order valence-electron chi connectivity index (χ2n) is 9.34. The minimum absolute atomic E-state index is 0.391. The molecular weight excluding hydrogens is 549 g/mol. The standard InChI is InChI=1S/C31H17BN5O2S2/c38-32-39-18-14-12-17(13-15-18)28-35-29(21-8-5-11-24-26(21)19-6-1-3-9-22(19)40-24)37-31(36-28)30-33-16-25-27(34-30)20-7-2-4-10-23(20)41-25/h1-16,38H. The lowest BCUT2D eigenvalue weighted by atomic mass is 10.1. The van der Waals surface area contributed by atoms with Crippen LogP contribution in [-0.4, -0.2) is 37.6 Å². The van der Waals surface area contributed by atoms with Gasteiger partial charge in [0, 0.05) is 47.6 Å². The van der Waals surface area contributed by atoms with Crippen molar-refractivity contribution < 1.29 is 9.68 Å². The molecule has 0 saturated heterocycles. The van der Waals surface area contributed by atoms with Gasteiger partial charge in [0.25, 0.3) is 0 Å². The fraction of sp³-hybridized carbons (Fsp3) is 0. The third kappa shape index (κ3) is 4.12. The number of fused-ring (bicyclic) bond motifs is 6. The average Bonchev–Trinajstić information content (AvgIpc) is 3.59. The van der Waals surface area contributed by atoms with Gasteiger partial charge in [0.05, 0.1) is 10.2 Å². The molecule has 8 aromatic rings. The van der Waals surface area contributed by atoms with E-state index in [-0.39, 0.29) is 0 Å². The van der Waals surface area contributed by atoms with E-state index in [0.717, 1.165) is 46.9 Å². The molecule has 0 aliphatic carbocycles. The zero-order chi connectivity index (χ0) is 27.3. The second-order valence-corrected chi connectivity index (χ2v) is 11.5. The Bertz CT molecular complexity index is 2250. The Morgan fingerprint density at radius 3 is 2.10 bits per heavy atom. The summed E-state index contributed by atoms with van der Waals surface area (Å²) in [6, 6.07) is 30.0. The van der Waals surface area contributed by atoms with Crippen molar-refractivity contribution in [3.8, 4) is 40.2 Å². The molecule has 0 saturated carbocycles. The smallest absolute Gasteiger partial charge is 0.537 e. The quantitative estimate of drug-likeness (QED) is 0.219. The van der Waals surface area contributed by atoms with Crippen molar-refractivity contribution >= 4 is 70.8 Å². The molecule has 4 aromatic carbocycles. The molecule has 0 bridgehead atoms. The van der Waals surface area contributed by atoms with Crippen LogP contribution in [0, 0.1) is 0 Å². The highest BCUT2D eigenvalue weighted by molar-refractivity contribution is 7.26. The summed E-state index contributed by atoms with van der Waals surface area (Å²) in [5.74, 6) is 2.35. The fourth-order valence-electron chi connectivity index (χ4n) is 5.05. The first-order valence-corrected chi connectivity index (χ1v) is 14.4. The fourth-order valence-corrected chi connectivity index (χ4v) is 7.19. The molecule has 4 aromatic heterocycles. The van der Waals surface area contributed by atoms with Crippen molar-refractivity contribution in [3.63, 3.8) is 0 Å². The molecule has 0 unspecified atom stereocenters. The van der Waals surface area contributed by atoms with Gasteiger partial charge >= 0.3 is 7.69 Å². The number of benzene rings is 4. The highest BCUT2D eigenvalue weighted by Gasteiger charge is 2.19. The van der Waals surface area contributed by atoms with Crippen LogP contribution in [0.2, 0.25) is 0 Å². The van der Waals surface area contributed by atoms with Crippen molar-refractivity contribution in [2.45, 2.75) is 0 Å². The summed E-state index contributed by atoms with van der Waals surface area (Å²) in [5, 5.41) is 12.4. The van der Waals surface area contributed by atoms with E-state index in [2.05, 4.69) is 53.5 Å². The minimum Gasteiger partial charge on any atom is -0.537 e. The SMILES string of the molecule is O[B]Oc1ccc(-c2nc(-c3ncc4sc5ccccc5c4n3)nc(-c3cccc4sc5ccccc5c34)n2)cc1. The van der Waals surface area contributed by atoms with E-state index < -0.39 is 0 Å². The summed E-state index contributed by atoms with van der Waals surface area (Å²) < 4.78 is 9.63. The van der Waals surface area contributed by atoms with Crippen molar-refractivity contribution in [1.82, 2.24) is 24.9 Å². The predicted molar refractivity (Wildman–Crippen MR) is 166 cm³/mol. The molecule has 0 aliphatic rings. The summed E-state index contributed by atoms with van der Waals surface area (Å²) in [7, 11) is 0.654. The molecule has 41 heavy (non-hydrogen) atoms. The van der Waals surface area contributed by atoms with Crippen molar-refractivity contribution in [2.24, 2.45) is 0 Å². The van der Waals surface area contributed by atoms with Gasteiger partial charge in [-0.3, -0.25) is 0 Å². The number of aromatic nitrogens is 5. The third-order valence-corrected chi connectivity index (χ3v) is 9.13. The minimum atomic E-state index is 0.391. The van der Waals surface area contributed by atoms with Crippen LogP contribution in [0.1, 0.15) is 0 Å². The highest BCUT2D eigenvalue weighted by atomic mass is 32.1. The first kappa shape index (κ1) is 24.1. The number of thiophene rings is 2. The lowest BCUT2D eigenvalue weighted by Crippen LogP contribution is -2.03. The lowest BCUT2D eigenvalue weighted by Gasteiger charge is -2.09. The van der Waals surface area contributed by atoms with Gasteiger partial charge in [-0.1, -0.05) is 48.5 Å². The van der Waals surface area contributed by atoms with Crippen LogP contribution in [-0.2, 0) is 0 Å². The lowest BCUT2D eigenvalue weighted by molar-refractivity contribution is 0.454. The van der Waals surface area contributed by atoms with Crippen LogP contribution in [0.5, 0.6) is 5.75 Å². The topological polar surface area (TPSA) is 93.9 Å². The molecular formula is C31H17BN5O2S2. The van der Waals surface area contributed by atoms with Crippen LogP contribution < -0.4 is 4.65 Å². The van der Waals surface area contributed by atoms with Gasteiger partial charge in [-0.15, -0.1) is 22.7 Å². The summed E-state index contributed by atoms with van der Waals surface area (Å²) in [5.41, 5.74) is 2.57. The van der Waals surface area contributed by atoms with Gasteiger partial charge in [0.2, 0.25) is 5.82 Å². The Kier molecular flexibility index (Phi) is 5.70. The first-order valence-electron chi connectivity index (χ1n) is 12.8. The van der Waals surface area contributed by atoms with Gasteiger partial charge < -0.3 is 9.68 Å². The molecule has 0 fully saturated rings. The van der Waals surface area contributed by atoms with Crippen LogP contribution in [0.4, 0.5) is 0 Å². The number of hydrogen-bond acceptors (Lipinski definition) is 9. The normalized spacial score (nSPS) is 11.5. The van der Waals surface area contributed by atoms with E-state index >= 15 is 0 Å². The number of hydrogen-bond donors (Lipinski definition) is 1. The Balaban J connectivity index is 1.37. The van der Waals surface area contributed by atoms with Crippen LogP contribution in [0.25, 0.3) is 74.9 Å². The Labute approximate surface area is 242 Å². The van der Waals surface area contributed by atoms with Crippen LogP contribution in [0.3, 0.4) is 0 Å². The van der Waals surface area contributed by atoms with Crippen LogP contribution >= 0.6 is 22.7 Å². The van der Waals surface area contributed by atoms with Crippen molar-refractivity contribution in [2.75, 3.05) is 0 Å². The monoisotopic (exact) mass is 566 g/mol. The molecule has 4 heterocycles. The largest absolute Gasteiger partial charge is 0.569 e. The maximum Gasteiger partial charge on any atom is 0.569 e. The van der Waals surface area contributed by atoms with Gasteiger partial charge in [0.1, 0.15) is 5.75 Å². The molecule has 0 amide bonds. The summed E-state index contributed by atoms with van der Waals surface area (Å²) in [4.78, 5) is 24.4. The third-order valence-electron chi connectivity index (χ3n) is 6.90. The molecule has 10 heteroatoms. The van der Waals surface area contributed by atoms with E-state index in [4.69, 9.17) is 29.6 Å². The highest BCUT2D eigenvalue weighted by Crippen LogP contribution is 2.40. The Morgan fingerprint density at radius 1 is 0.585 bits per heavy atom. The molecule has 1 N–H and O–H groups in total. The van der Waals surface area contributed by atoms with Gasteiger partial charge in [0.15, 0.2) is 17.5 Å². The van der Waals surface area contributed by atoms with Crippen LogP contribution in [0.15, 0.2) is 97.2 Å². The molecule has 0 atom stereocenters. The predicted octanol–water partition coefficient (Wildman–Crippen LogP) is 7.30. The number of rotatable bonds is 5. The van der Waals surface area contributed by atoms with E-state index in [1.54, 1.807) is 34.8 Å². The van der Waals surface area contributed by atoms with E-state index in [1.807, 2.05) is 36.5 Å². The molecule has 0 spiro atoms. The maximum absolute atomic E-state index is 9.01. The maximum atomic E-state index is 9.01. The first-order chi connectivity index (χ1) is 20.2. The Hall–Kier alpha value is -4.77. The number of nitrogens with zero attached hydrogens (tertiary/aromatic N) is 5. The van der Waals surface area contributed by atoms with Gasteiger partial charge in [-0.05, 0) is 42.5 Å². The van der Waals surface area contributed by atoms with Gasteiger partial charge in [-0.25, -0.2) is 24.9 Å². The summed E-state index contributed by atoms with van der Waals surface area (Å²) in [6.07, 6.45) is 1.84. The van der Waals surface area contributed by atoms with E-state index in [9.17, 15) is 0 Å². The van der Waals surface area contributed by atoms with Crippen molar-refractivity contribution in [1.29, 1.82) is 0 Å². The second kappa shape index (κ2) is 9.70.